The fraction of sp³-hybridized carbons (Fsp3) is 0.556. The van der Waals surface area contributed by atoms with E-state index in [-0.39, 0.29) is 48.7 Å². The van der Waals surface area contributed by atoms with Gasteiger partial charge in [-0.15, -0.1) is 0 Å². The quantitative estimate of drug-likeness (QED) is 0.181. The van der Waals surface area contributed by atoms with E-state index in [2.05, 4.69) is 11.9 Å². The van der Waals surface area contributed by atoms with Crippen LogP contribution in [0.5, 0.6) is 11.5 Å². The lowest BCUT2D eigenvalue weighted by Gasteiger charge is -2.43. The number of benzene rings is 2. The predicted octanol–water partition coefficient (Wildman–Crippen LogP) is 3.24. The van der Waals surface area contributed by atoms with Gasteiger partial charge in [0.2, 0.25) is 16.8 Å². The lowest BCUT2D eigenvalue weighted by atomic mass is 9.87. The number of aliphatic hydroxyl groups excluding tert-OH is 1. The molecule has 3 heterocycles. The normalized spacial score (nSPS) is 20.8. The number of carboxylic acid groups (broad SMARTS) is 1. The number of carbonyl (C=O) groups excluding carboxylic acids is 2. The maximum absolute atomic E-state index is 14.4. The van der Waals surface area contributed by atoms with Gasteiger partial charge in [-0.3, -0.25) is 0 Å². The summed E-state index contributed by atoms with van der Waals surface area (Å²) in [5.74, 6) is 0.731. The van der Waals surface area contributed by atoms with Crippen molar-refractivity contribution in [3.63, 3.8) is 0 Å². The van der Waals surface area contributed by atoms with Crippen LogP contribution < -0.4 is 19.9 Å². The minimum absolute atomic E-state index is 0.000418. The first kappa shape index (κ1) is 38.3. The average Bonchev–Trinajstić information content (AvgIpc) is 3.82. The van der Waals surface area contributed by atoms with Crippen LogP contribution in [0.25, 0.3) is 0 Å². The monoisotopic (exact) mass is 730 g/mol. The van der Waals surface area contributed by atoms with E-state index in [1.54, 1.807) is 6.92 Å². The minimum atomic E-state index is -4.26. The summed E-state index contributed by atoms with van der Waals surface area (Å²) in [6, 6.07) is 11.8. The van der Waals surface area contributed by atoms with Gasteiger partial charge in [0, 0.05) is 31.6 Å². The molecule has 15 heteroatoms. The Morgan fingerprint density at radius 2 is 1.86 bits per heavy atom. The number of carbonyl (C=O) groups is 2. The van der Waals surface area contributed by atoms with E-state index >= 15 is 0 Å². The first-order valence-electron chi connectivity index (χ1n) is 17.2. The molecule has 0 bridgehead atoms. The van der Waals surface area contributed by atoms with Crippen LogP contribution in [0.15, 0.2) is 65.8 Å². The molecule has 0 aliphatic carbocycles. The number of allylic oxidation sites excluding steroid dienone is 1. The van der Waals surface area contributed by atoms with Gasteiger partial charge in [-0.1, -0.05) is 57.2 Å². The van der Waals surface area contributed by atoms with Gasteiger partial charge in [-0.2, -0.15) is 4.31 Å². The minimum Gasteiger partial charge on any atom is -0.530 e. The molecule has 5 atom stereocenters. The maximum Gasteiger partial charge on any atom is 0.412 e. The second-order valence-corrected chi connectivity index (χ2v) is 16.0. The fourth-order valence-corrected chi connectivity index (χ4v) is 8.62. The molecule has 2 aromatic carbocycles. The Bertz CT molecular complexity index is 1640. The Morgan fingerprint density at radius 3 is 2.59 bits per heavy atom. The van der Waals surface area contributed by atoms with Gasteiger partial charge in [-0.05, 0) is 55.7 Å². The lowest BCUT2D eigenvalue weighted by Crippen LogP contribution is -2.61. The number of rotatable bonds is 17. The van der Waals surface area contributed by atoms with E-state index in [1.807, 2.05) is 44.2 Å². The van der Waals surface area contributed by atoms with Crippen molar-refractivity contribution >= 4 is 22.2 Å². The van der Waals surface area contributed by atoms with Gasteiger partial charge in [0.25, 0.3) is 0 Å². The largest absolute Gasteiger partial charge is 0.530 e. The Balaban J connectivity index is 1.40. The van der Waals surface area contributed by atoms with Crippen LogP contribution in [0.1, 0.15) is 52.0 Å². The first-order valence-corrected chi connectivity index (χ1v) is 18.6. The van der Waals surface area contributed by atoms with Crippen molar-refractivity contribution in [3.8, 4) is 11.5 Å². The molecule has 2 fully saturated rings. The third-order valence-electron chi connectivity index (χ3n) is 9.46. The fourth-order valence-electron chi connectivity index (χ4n) is 6.96. The van der Waals surface area contributed by atoms with Crippen molar-refractivity contribution in [2.75, 3.05) is 39.6 Å². The number of hydrogen-bond donors (Lipinski definition) is 2. The molecule has 14 nitrogen and oxygen atoms in total. The smallest absolute Gasteiger partial charge is 0.412 e. The second-order valence-electron chi connectivity index (χ2n) is 14.0. The lowest BCUT2D eigenvalue weighted by molar-refractivity contribution is -0.273. The number of sulfonamides is 1. The topological polar surface area (TPSA) is 176 Å². The summed E-state index contributed by atoms with van der Waals surface area (Å²) in [5.41, 5.74) is 0.162. The number of fused-ring (bicyclic) bond motifs is 2. The van der Waals surface area contributed by atoms with Crippen LogP contribution in [-0.4, -0.2) is 99.0 Å². The highest BCUT2D eigenvalue weighted by atomic mass is 32.2. The molecule has 5 rings (SSSR count). The van der Waals surface area contributed by atoms with Crippen LogP contribution >= 0.6 is 0 Å². The van der Waals surface area contributed by atoms with Gasteiger partial charge in [0.15, 0.2) is 17.8 Å². The molecule has 0 radical (unpaired) electrons. The molecule has 3 aliphatic rings. The molecule has 2 N–H and O–H groups in total. The van der Waals surface area contributed by atoms with Crippen LogP contribution in [0.2, 0.25) is 0 Å². The van der Waals surface area contributed by atoms with E-state index in [9.17, 15) is 28.2 Å². The molecular weight excluding hydrogens is 682 g/mol. The van der Waals surface area contributed by atoms with E-state index in [0.717, 1.165) is 10.5 Å². The van der Waals surface area contributed by atoms with Crippen molar-refractivity contribution in [2.24, 2.45) is 11.3 Å². The number of ether oxygens (including phenoxy) is 5. The van der Waals surface area contributed by atoms with E-state index < -0.39 is 58.6 Å². The van der Waals surface area contributed by atoms with Crippen LogP contribution in [0.3, 0.4) is 0 Å². The average molecular weight is 731 g/mol. The van der Waals surface area contributed by atoms with E-state index in [4.69, 9.17) is 23.7 Å². The summed E-state index contributed by atoms with van der Waals surface area (Å²) < 4.78 is 57.3. The summed E-state index contributed by atoms with van der Waals surface area (Å²) in [4.78, 5) is 25.8. The second kappa shape index (κ2) is 16.6. The zero-order valence-electron chi connectivity index (χ0n) is 29.3. The standard InChI is InChI=1S/C36H49N3O11S/c1-24(2)50-34(41)37-16-9-8-15-36(3,4)22-38(51(44,45)26-12-13-31-32(19-26)49-23-48-31)20-30(40)28(18-25-10-6-5-7-11-25)39(35(42)43)29-21-47-33-27(29)14-17-46-33/h5-7,10-13,19,27-30,33,40H,1,8-9,14-18,20-23H2,2-4H3,(H,37,41)(H,42,43)/p-1/t27-,28-,29-,30+,33+/m0/s1. The molecule has 3 aliphatic heterocycles. The summed E-state index contributed by atoms with van der Waals surface area (Å²) >= 11 is 0. The molecule has 2 aromatic rings. The SMILES string of the molecule is C=C(C)OC(=O)NCCCCC(C)(C)CN(C[C@@H](O)[C@H](Cc1ccccc1)N(C(=O)[O-])[C@H]1CO[C@H]2OCC[C@H]21)S(=O)(=O)c1ccc2c(c1)OCO2. The van der Waals surface area contributed by atoms with Crippen molar-refractivity contribution in [1.82, 2.24) is 14.5 Å². The zero-order chi connectivity index (χ0) is 36.8. The Hall–Kier alpha value is -3.89. The van der Waals surface area contributed by atoms with Gasteiger partial charge in [0.1, 0.15) is 6.09 Å². The number of aliphatic hydroxyl groups is 1. The highest BCUT2D eigenvalue weighted by Crippen LogP contribution is 2.38. The summed E-state index contributed by atoms with van der Waals surface area (Å²) in [6.07, 6.45) is -1.56. The van der Waals surface area contributed by atoms with Crippen molar-refractivity contribution < 1.29 is 51.9 Å². The maximum atomic E-state index is 14.4. The molecular formula is C36H48N3O11S-. The van der Waals surface area contributed by atoms with Crippen molar-refractivity contribution in [2.45, 2.75) is 82.2 Å². The highest BCUT2D eigenvalue weighted by Gasteiger charge is 2.47. The first-order chi connectivity index (χ1) is 24.2. The summed E-state index contributed by atoms with van der Waals surface area (Å²) in [7, 11) is -4.26. The molecule has 0 saturated carbocycles. The molecule has 0 spiro atoms. The van der Waals surface area contributed by atoms with Gasteiger partial charge >= 0.3 is 6.09 Å². The molecule has 0 aromatic heterocycles. The molecule has 0 unspecified atom stereocenters. The van der Waals surface area contributed by atoms with Crippen LogP contribution in [0.4, 0.5) is 9.59 Å². The Kier molecular flexibility index (Phi) is 12.5. The Morgan fingerprint density at radius 1 is 1.12 bits per heavy atom. The van der Waals surface area contributed by atoms with Gasteiger partial charge in [-0.25, -0.2) is 13.2 Å². The summed E-state index contributed by atoms with van der Waals surface area (Å²) in [5, 5.41) is 27.7. The summed E-state index contributed by atoms with van der Waals surface area (Å²) in [6.45, 7) is 9.37. The number of alkyl carbamates (subject to hydrolysis) is 1. The predicted molar refractivity (Wildman–Crippen MR) is 183 cm³/mol. The van der Waals surface area contributed by atoms with Gasteiger partial charge in [0.05, 0.1) is 42.1 Å². The van der Waals surface area contributed by atoms with E-state index in [1.165, 1.54) is 22.5 Å². The number of nitrogens with one attached hydrogen (secondary N) is 1. The van der Waals surface area contributed by atoms with Gasteiger partial charge < -0.3 is 48.9 Å². The van der Waals surface area contributed by atoms with Crippen molar-refractivity contribution in [1.29, 1.82) is 0 Å². The number of amides is 2. The number of hydrogen-bond acceptors (Lipinski definition) is 11. The highest BCUT2D eigenvalue weighted by molar-refractivity contribution is 7.89. The van der Waals surface area contributed by atoms with Crippen molar-refractivity contribution in [3.05, 3.63) is 66.4 Å². The zero-order valence-corrected chi connectivity index (χ0v) is 30.1. The third-order valence-corrected chi connectivity index (χ3v) is 11.3. The van der Waals surface area contributed by atoms with Crippen LogP contribution in [0, 0.1) is 11.3 Å². The Labute approximate surface area is 299 Å². The van der Waals surface area contributed by atoms with E-state index in [0.29, 0.717) is 44.6 Å². The molecule has 51 heavy (non-hydrogen) atoms. The molecule has 280 valence electrons. The molecule has 2 saturated heterocycles. The molecule has 2 amide bonds. The third kappa shape index (κ3) is 9.71. The van der Waals surface area contributed by atoms with Crippen LogP contribution in [-0.2, 0) is 30.7 Å². The number of nitrogens with zero attached hydrogens (tertiary/aromatic N) is 2. The number of unbranched alkanes of at least 4 members (excludes halogenated alkanes) is 1.